The van der Waals surface area contributed by atoms with Gasteiger partial charge in [0.25, 0.3) is 5.91 Å². The maximum absolute atomic E-state index is 13.2. The Morgan fingerprint density at radius 1 is 1.00 bits per heavy atom. The van der Waals surface area contributed by atoms with Crippen molar-refractivity contribution < 1.29 is 14.3 Å². The first-order valence-corrected chi connectivity index (χ1v) is 14.4. The molecule has 0 unspecified atom stereocenters. The summed E-state index contributed by atoms with van der Waals surface area (Å²) in [6, 6.07) is 25.5. The van der Waals surface area contributed by atoms with Gasteiger partial charge in [-0.25, -0.2) is 0 Å². The lowest BCUT2D eigenvalue weighted by Gasteiger charge is -2.20. The molecule has 3 aromatic carbocycles. The number of amides is 1. The van der Waals surface area contributed by atoms with Gasteiger partial charge in [-0.3, -0.25) is 10.2 Å². The topological polar surface area (TPSA) is 92.3 Å². The maximum Gasteiger partial charge on any atom is 0.283 e. The first-order chi connectivity index (χ1) is 20.5. The predicted molar refractivity (Wildman–Crippen MR) is 169 cm³/mol. The van der Waals surface area contributed by atoms with E-state index in [2.05, 4.69) is 27.3 Å². The summed E-state index contributed by atoms with van der Waals surface area (Å²) in [5.74, 6) is 1.10. The van der Waals surface area contributed by atoms with E-state index in [1.165, 1.54) is 16.8 Å². The molecule has 0 spiro atoms. The van der Waals surface area contributed by atoms with Crippen LogP contribution in [0.25, 0.3) is 17.0 Å². The first-order valence-electron chi connectivity index (χ1n) is 13.6. The molecule has 0 aliphatic carbocycles. The minimum absolute atomic E-state index is 0.00870. The fraction of sp³-hybridized carbons (Fsp3) is 0.152. The zero-order valence-electron chi connectivity index (χ0n) is 23.1. The molecule has 4 aromatic rings. The lowest BCUT2D eigenvalue weighted by molar-refractivity contribution is -0.114. The normalized spacial score (nSPS) is 15.5. The van der Waals surface area contributed by atoms with Gasteiger partial charge in [-0.15, -0.1) is 6.58 Å². The van der Waals surface area contributed by atoms with Crippen LogP contribution in [0.2, 0.25) is 0 Å². The Kier molecular flexibility index (Phi) is 7.74. The van der Waals surface area contributed by atoms with Crippen molar-refractivity contribution in [3.8, 4) is 11.5 Å². The Morgan fingerprint density at radius 2 is 1.76 bits per heavy atom. The number of fused-ring (bicyclic) bond motifs is 2. The number of aromatic nitrogens is 1. The van der Waals surface area contributed by atoms with Crippen LogP contribution in [0.4, 0.5) is 0 Å². The summed E-state index contributed by atoms with van der Waals surface area (Å²) < 4.78 is 14.2. The highest BCUT2D eigenvalue weighted by atomic mass is 32.2. The average molecular weight is 576 g/mol. The smallest absolute Gasteiger partial charge is 0.283 e. The van der Waals surface area contributed by atoms with E-state index in [0.29, 0.717) is 23.4 Å². The van der Waals surface area contributed by atoms with E-state index in [4.69, 9.17) is 14.9 Å². The Balaban J connectivity index is 1.24. The van der Waals surface area contributed by atoms with E-state index in [1.54, 1.807) is 6.08 Å². The van der Waals surface area contributed by atoms with E-state index in [1.807, 2.05) is 85.8 Å². The fourth-order valence-electron chi connectivity index (χ4n) is 5.04. The van der Waals surface area contributed by atoms with Crippen molar-refractivity contribution in [3.63, 3.8) is 0 Å². The summed E-state index contributed by atoms with van der Waals surface area (Å²) in [5.41, 5.74) is 4.15. The van der Waals surface area contributed by atoms with Gasteiger partial charge in [-0.05, 0) is 61.0 Å². The lowest BCUT2D eigenvalue weighted by atomic mass is 10.1. The van der Waals surface area contributed by atoms with Crippen LogP contribution in [-0.4, -0.2) is 44.7 Å². The van der Waals surface area contributed by atoms with Crippen molar-refractivity contribution >= 4 is 50.7 Å². The van der Waals surface area contributed by atoms with Crippen LogP contribution in [0.1, 0.15) is 16.8 Å². The number of carbonyl (C=O) groups excluding carboxylic acids is 1. The molecule has 8 nitrogen and oxygen atoms in total. The number of hydrazone groups is 1. The van der Waals surface area contributed by atoms with Crippen LogP contribution in [0.15, 0.2) is 107 Å². The number of thioether (sulfide) groups is 1. The van der Waals surface area contributed by atoms with Crippen LogP contribution >= 0.6 is 11.8 Å². The highest BCUT2D eigenvalue weighted by Crippen LogP contribution is 2.32. The summed E-state index contributed by atoms with van der Waals surface area (Å²) in [6.07, 6.45) is 4.37. The van der Waals surface area contributed by atoms with Gasteiger partial charge in [0.05, 0.1) is 12.1 Å². The predicted octanol–water partition coefficient (Wildman–Crippen LogP) is 6.46. The zero-order chi connectivity index (χ0) is 29.1. The van der Waals surface area contributed by atoms with Crippen molar-refractivity contribution in [1.82, 2.24) is 9.58 Å². The second-order valence-corrected chi connectivity index (χ2v) is 10.8. The number of nitrogens with one attached hydrogen (secondary N) is 1. The third-order valence-corrected chi connectivity index (χ3v) is 7.96. The largest absolute Gasteiger partial charge is 0.491 e. The summed E-state index contributed by atoms with van der Waals surface area (Å²) in [5, 5.41) is 16.8. The van der Waals surface area contributed by atoms with E-state index < -0.39 is 5.91 Å². The zero-order valence-corrected chi connectivity index (χ0v) is 23.9. The lowest BCUT2D eigenvalue weighted by Crippen LogP contribution is -2.35. The Hall–Kier alpha value is -4.89. The van der Waals surface area contributed by atoms with Crippen molar-refractivity contribution in [1.29, 1.82) is 5.41 Å². The monoisotopic (exact) mass is 575 g/mol. The molecular weight excluding hydrogens is 546 g/mol. The molecule has 0 atom stereocenters. The summed E-state index contributed by atoms with van der Waals surface area (Å²) in [7, 11) is 0. The van der Waals surface area contributed by atoms with E-state index in [9.17, 15) is 4.79 Å². The van der Waals surface area contributed by atoms with Crippen molar-refractivity contribution in [2.45, 2.75) is 19.9 Å². The molecule has 9 heteroatoms. The third kappa shape index (κ3) is 5.38. The number of aliphatic imine (C=N–C) groups is 1. The molecule has 2 aliphatic heterocycles. The maximum atomic E-state index is 13.2. The quantitative estimate of drug-likeness (QED) is 0.173. The van der Waals surface area contributed by atoms with Gasteiger partial charge >= 0.3 is 0 Å². The second kappa shape index (κ2) is 11.9. The number of amidine groups is 2. The summed E-state index contributed by atoms with van der Waals surface area (Å²) in [4.78, 5) is 17.4. The minimum atomic E-state index is -0.461. The van der Waals surface area contributed by atoms with Gasteiger partial charge in [0.2, 0.25) is 5.17 Å². The van der Waals surface area contributed by atoms with Crippen LogP contribution in [-0.2, 0) is 17.8 Å². The SMILES string of the molecule is C=CCc1ccccc1OCCn1c(C)c(C=C2C(=N)N3N=C(COc4ccccc4)SC3=NC2=O)c2ccccc21. The molecule has 0 fully saturated rings. The number of hydrogen-bond acceptors (Lipinski definition) is 6. The summed E-state index contributed by atoms with van der Waals surface area (Å²) >= 11 is 1.24. The van der Waals surface area contributed by atoms with Crippen LogP contribution in [0.5, 0.6) is 11.5 Å². The second-order valence-electron chi connectivity index (χ2n) is 9.73. The molecule has 0 bridgehead atoms. The molecule has 1 amide bonds. The van der Waals surface area contributed by atoms with Gasteiger partial charge in [-0.1, -0.05) is 60.7 Å². The standard InChI is InChI=1S/C33H29N5O3S/c1-3-11-23-12-7-10-17-29(23)40-19-18-37-22(2)26(25-15-8-9-16-28(25)37)20-27-31(34)38-33(35-32(27)39)42-30(36-38)21-41-24-13-5-4-6-14-24/h3-10,12-17,20,34H,1,11,18-19,21H2,2H3. The molecule has 2 aliphatic rings. The molecular formula is C33H29N5O3S. The van der Waals surface area contributed by atoms with Crippen molar-refractivity contribution in [3.05, 3.63) is 114 Å². The van der Waals surface area contributed by atoms with Gasteiger partial charge in [-0.2, -0.15) is 15.1 Å². The molecule has 0 radical (unpaired) electrons. The number of carbonyl (C=O) groups is 1. The number of hydrogen-bond donors (Lipinski definition) is 1. The number of ether oxygens (including phenoxy) is 2. The molecule has 0 saturated heterocycles. The Bertz CT molecular complexity index is 1790. The van der Waals surface area contributed by atoms with E-state index >= 15 is 0 Å². The number of benzene rings is 3. The van der Waals surface area contributed by atoms with Gasteiger partial charge in [0.15, 0.2) is 5.84 Å². The van der Waals surface area contributed by atoms with E-state index in [0.717, 1.165) is 45.6 Å². The molecule has 42 heavy (non-hydrogen) atoms. The molecule has 210 valence electrons. The molecule has 0 saturated carbocycles. The Labute approximate surface area is 248 Å². The highest BCUT2D eigenvalue weighted by Gasteiger charge is 2.36. The van der Waals surface area contributed by atoms with Gasteiger partial charge in [0.1, 0.15) is 29.8 Å². The number of para-hydroxylation sites is 3. The molecule has 3 heterocycles. The minimum Gasteiger partial charge on any atom is -0.491 e. The van der Waals surface area contributed by atoms with Gasteiger partial charge < -0.3 is 14.0 Å². The Morgan fingerprint density at radius 3 is 2.60 bits per heavy atom. The van der Waals surface area contributed by atoms with Crippen molar-refractivity contribution in [2.24, 2.45) is 10.1 Å². The average Bonchev–Trinajstić information content (AvgIpc) is 3.54. The van der Waals surface area contributed by atoms with Crippen molar-refractivity contribution in [2.75, 3.05) is 13.2 Å². The third-order valence-electron chi connectivity index (χ3n) is 7.08. The van der Waals surface area contributed by atoms with E-state index in [-0.39, 0.29) is 18.0 Å². The fourth-order valence-corrected chi connectivity index (χ4v) is 5.84. The first kappa shape index (κ1) is 27.3. The van der Waals surface area contributed by atoms with Crippen LogP contribution in [0.3, 0.4) is 0 Å². The summed E-state index contributed by atoms with van der Waals surface area (Å²) in [6.45, 7) is 7.17. The molecule has 1 N–H and O–H groups in total. The van der Waals surface area contributed by atoms with Crippen LogP contribution in [0, 0.1) is 12.3 Å². The van der Waals surface area contributed by atoms with Crippen LogP contribution < -0.4 is 9.47 Å². The highest BCUT2D eigenvalue weighted by molar-refractivity contribution is 8.27. The number of allylic oxidation sites excluding steroid dienone is 1. The van der Waals surface area contributed by atoms with Gasteiger partial charge in [0, 0.05) is 22.2 Å². The molecule has 1 aromatic heterocycles. The number of nitrogens with zero attached hydrogens (tertiary/aromatic N) is 4. The number of rotatable bonds is 10. The molecule has 6 rings (SSSR count).